The van der Waals surface area contributed by atoms with E-state index < -0.39 is 11.7 Å². The molecule has 32 heavy (non-hydrogen) atoms. The molecule has 1 N–H and O–H groups in total. The minimum Gasteiger partial charge on any atom is -0.494 e. The van der Waals surface area contributed by atoms with E-state index in [9.17, 15) is 9.18 Å². The fourth-order valence-electron chi connectivity index (χ4n) is 3.66. The van der Waals surface area contributed by atoms with Gasteiger partial charge in [0.1, 0.15) is 17.8 Å². The summed E-state index contributed by atoms with van der Waals surface area (Å²) in [5, 5.41) is 2.63. The zero-order chi connectivity index (χ0) is 22.3. The second kappa shape index (κ2) is 10.4. The lowest BCUT2D eigenvalue weighted by Crippen LogP contribution is -2.45. The Morgan fingerprint density at radius 1 is 1.09 bits per heavy atom. The van der Waals surface area contributed by atoms with Gasteiger partial charge in [0.15, 0.2) is 5.69 Å². The number of nitrogens with zero attached hydrogens (tertiary/aromatic N) is 3. The number of aromatic nitrogens is 1. The Morgan fingerprint density at radius 3 is 2.50 bits per heavy atom. The van der Waals surface area contributed by atoms with Gasteiger partial charge >= 0.3 is 0 Å². The number of amides is 1. The van der Waals surface area contributed by atoms with Crippen molar-refractivity contribution in [3.8, 4) is 5.75 Å². The van der Waals surface area contributed by atoms with Crippen molar-refractivity contribution < 1.29 is 18.3 Å². The molecule has 0 radical (unpaired) electrons. The molecule has 168 valence electrons. The highest BCUT2D eigenvalue weighted by Crippen LogP contribution is 2.16. The van der Waals surface area contributed by atoms with Crippen LogP contribution in [0.2, 0.25) is 0 Å². The Hall–Kier alpha value is -3.23. The molecule has 3 aromatic rings. The zero-order valence-corrected chi connectivity index (χ0v) is 18.1. The molecule has 0 bridgehead atoms. The van der Waals surface area contributed by atoms with Gasteiger partial charge in [0, 0.05) is 38.4 Å². The molecule has 1 aliphatic rings. The van der Waals surface area contributed by atoms with E-state index in [-0.39, 0.29) is 5.69 Å². The largest absolute Gasteiger partial charge is 0.494 e. The molecular formula is C24H27FN4O3. The van der Waals surface area contributed by atoms with Gasteiger partial charge in [0.05, 0.1) is 13.2 Å². The quantitative estimate of drug-likeness (QED) is 0.577. The van der Waals surface area contributed by atoms with Crippen molar-refractivity contribution in [2.24, 2.45) is 0 Å². The maximum Gasteiger partial charge on any atom is 0.277 e. The summed E-state index contributed by atoms with van der Waals surface area (Å²) in [5.74, 6) is 0.557. The van der Waals surface area contributed by atoms with Crippen molar-refractivity contribution in [1.82, 2.24) is 14.8 Å². The number of benzene rings is 2. The smallest absolute Gasteiger partial charge is 0.277 e. The molecule has 2 heterocycles. The Labute approximate surface area is 186 Å². The lowest BCUT2D eigenvalue weighted by molar-refractivity contribution is 0.102. The number of carbonyl (C=O) groups excluding carboxylic acids is 1. The number of halogens is 1. The Kier molecular flexibility index (Phi) is 7.14. The van der Waals surface area contributed by atoms with Crippen LogP contribution in [0.15, 0.2) is 59.2 Å². The fraction of sp³-hybridized carbons (Fsp3) is 0.333. The average molecular weight is 439 g/mol. The third-order valence-electron chi connectivity index (χ3n) is 5.33. The minimum atomic E-state index is -0.425. The van der Waals surface area contributed by atoms with Gasteiger partial charge in [-0.3, -0.25) is 14.6 Å². The van der Waals surface area contributed by atoms with Gasteiger partial charge in [-0.05, 0) is 42.8 Å². The normalized spacial score (nSPS) is 14.9. The second-order valence-electron chi connectivity index (χ2n) is 7.72. The van der Waals surface area contributed by atoms with Crippen LogP contribution in [0.25, 0.3) is 0 Å². The molecule has 0 saturated carbocycles. The Morgan fingerprint density at radius 2 is 1.81 bits per heavy atom. The van der Waals surface area contributed by atoms with Gasteiger partial charge in [-0.1, -0.05) is 18.2 Å². The highest BCUT2D eigenvalue weighted by atomic mass is 19.1. The molecule has 4 rings (SSSR count). The molecule has 1 aliphatic heterocycles. The van der Waals surface area contributed by atoms with Gasteiger partial charge in [-0.25, -0.2) is 9.37 Å². The molecule has 0 aliphatic carbocycles. The zero-order valence-electron chi connectivity index (χ0n) is 18.1. The summed E-state index contributed by atoms with van der Waals surface area (Å²) in [6, 6.07) is 14.0. The van der Waals surface area contributed by atoms with Gasteiger partial charge in [-0.2, -0.15) is 0 Å². The number of hydrogen-bond donors (Lipinski definition) is 1. The first kappa shape index (κ1) is 22.0. The molecule has 0 spiro atoms. The number of anilines is 1. The van der Waals surface area contributed by atoms with Crippen LogP contribution in [0.4, 0.5) is 10.1 Å². The third kappa shape index (κ3) is 5.93. The van der Waals surface area contributed by atoms with E-state index in [2.05, 4.69) is 32.2 Å². The van der Waals surface area contributed by atoms with Crippen LogP contribution in [0.3, 0.4) is 0 Å². The molecule has 1 aromatic heterocycles. The number of rotatable bonds is 8. The average Bonchev–Trinajstić information content (AvgIpc) is 3.25. The Bertz CT molecular complexity index is 1030. The van der Waals surface area contributed by atoms with E-state index in [1.165, 1.54) is 30.0 Å². The van der Waals surface area contributed by atoms with Crippen LogP contribution in [0, 0.1) is 5.82 Å². The summed E-state index contributed by atoms with van der Waals surface area (Å²) in [7, 11) is 0. The molecular weight excluding hydrogens is 411 g/mol. The molecule has 0 atom stereocenters. The predicted molar refractivity (Wildman–Crippen MR) is 119 cm³/mol. The maximum atomic E-state index is 13.3. The van der Waals surface area contributed by atoms with E-state index in [1.54, 1.807) is 6.07 Å². The van der Waals surface area contributed by atoms with Crippen molar-refractivity contribution in [2.75, 3.05) is 38.1 Å². The summed E-state index contributed by atoms with van der Waals surface area (Å²) in [5.41, 5.74) is 1.82. The van der Waals surface area contributed by atoms with Crippen LogP contribution in [-0.2, 0) is 13.1 Å². The van der Waals surface area contributed by atoms with E-state index in [0.29, 0.717) is 24.7 Å². The number of nitrogens with one attached hydrogen (secondary N) is 1. The first-order chi connectivity index (χ1) is 15.6. The minimum absolute atomic E-state index is 0.179. The molecule has 1 amide bonds. The predicted octanol–water partition coefficient (Wildman–Crippen LogP) is 3.78. The molecule has 0 unspecified atom stereocenters. The fourth-order valence-corrected chi connectivity index (χ4v) is 3.66. The number of piperazine rings is 1. The topological polar surface area (TPSA) is 70.8 Å². The molecule has 1 saturated heterocycles. The highest BCUT2D eigenvalue weighted by molar-refractivity contribution is 6.02. The van der Waals surface area contributed by atoms with Crippen LogP contribution in [0.1, 0.15) is 28.9 Å². The van der Waals surface area contributed by atoms with Gasteiger partial charge < -0.3 is 14.5 Å². The molecule has 7 nitrogen and oxygen atoms in total. The number of ether oxygens (including phenoxy) is 1. The van der Waals surface area contributed by atoms with Crippen LogP contribution in [-0.4, -0.2) is 53.5 Å². The first-order valence-electron chi connectivity index (χ1n) is 10.8. The monoisotopic (exact) mass is 438 g/mol. The van der Waals surface area contributed by atoms with Gasteiger partial charge in [-0.15, -0.1) is 0 Å². The summed E-state index contributed by atoms with van der Waals surface area (Å²) >= 11 is 0. The third-order valence-corrected chi connectivity index (χ3v) is 5.33. The first-order valence-corrected chi connectivity index (χ1v) is 10.8. The van der Waals surface area contributed by atoms with E-state index in [4.69, 9.17) is 9.15 Å². The molecule has 8 heteroatoms. The summed E-state index contributed by atoms with van der Waals surface area (Å²) in [6.45, 7) is 7.78. The number of oxazole rings is 1. The van der Waals surface area contributed by atoms with Crippen molar-refractivity contribution in [3.63, 3.8) is 0 Å². The standard InChI is InChI=1S/C24H27FN4O3/c1-2-31-21-8-6-18(7-9-21)15-28-10-12-29(13-11-28)16-23-27-22(17-32-23)24(30)26-20-5-3-4-19(25)14-20/h3-9,14,17H,2,10-13,15-16H2,1H3,(H,26,30). The molecule has 1 fully saturated rings. The highest BCUT2D eigenvalue weighted by Gasteiger charge is 2.20. The van der Waals surface area contributed by atoms with Crippen LogP contribution >= 0.6 is 0 Å². The number of hydrogen-bond acceptors (Lipinski definition) is 6. The van der Waals surface area contributed by atoms with Gasteiger partial charge in [0.2, 0.25) is 5.89 Å². The lowest BCUT2D eigenvalue weighted by atomic mass is 10.2. The number of carbonyl (C=O) groups is 1. The van der Waals surface area contributed by atoms with E-state index in [1.807, 2.05) is 19.1 Å². The maximum absolute atomic E-state index is 13.3. The summed E-state index contributed by atoms with van der Waals surface area (Å²) in [4.78, 5) is 21.3. The van der Waals surface area contributed by atoms with Crippen LogP contribution < -0.4 is 10.1 Å². The lowest BCUT2D eigenvalue weighted by Gasteiger charge is -2.34. The summed E-state index contributed by atoms with van der Waals surface area (Å²) < 4.78 is 24.3. The van der Waals surface area contributed by atoms with Gasteiger partial charge in [0.25, 0.3) is 5.91 Å². The van der Waals surface area contributed by atoms with E-state index in [0.717, 1.165) is 38.5 Å². The SMILES string of the molecule is CCOc1ccc(CN2CCN(Cc3nc(C(=O)Nc4cccc(F)c4)co3)CC2)cc1. The van der Waals surface area contributed by atoms with Crippen molar-refractivity contribution in [1.29, 1.82) is 0 Å². The molecule has 2 aromatic carbocycles. The van der Waals surface area contributed by atoms with Crippen molar-refractivity contribution in [2.45, 2.75) is 20.0 Å². The van der Waals surface area contributed by atoms with E-state index >= 15 is 0 Å². The Balaban J connectivity index is 1.24. The summed E-state index contributed by atoms with van der Waals surface area (Å²) in [6.07, 6.45) is 1.34. The van der Waals surface area contributed by atoms with Crippen LogP contribution in [0.5, 0.6) is 5.75 Å². The van der Waals surface area contributed by atoms with Crippen molar-refractivity contribution in [3.05, 3.63) is 77.8 Å². The second-order valence-corrected chi connectivity index (χ2v) is 7.72. The van der Waals surface area contributed by atoms with Crippen molar-refractivity contribution >= 4 is 11.6 Å².